The Kier molecular flexibility index (Phi) is 1.40. The smallest absolute Gasteiger partial charge is 0.141 e. The van der Waals surface area contributed by atoms with Gasteiger partial charge >= 0.3 is 0 Å². The number of hydrogen-bond acceptors (Lipinski definition) is 3. The molecule has 3 nitrogen and oxygen atoms in total. The number of nitrogens with zero attached hydrogens (tertiary/aromatic N) is 1. The van der Waals surface area contributed by atoms with E-state index in [0.29, 0.717) is 11.4 Å². The SMILES string of the molecule is CN1CCc2cc(N)cc(O)c21. The van der Waals surface area contributed by atoms with Crippen molar-refractivity contribution >= 4 is 11.4 Å². The van der Waals surface area contributed by atoms with Crippen molar-refractivity contribution in [3.8, 4) is 5.75 Å². The summed E-state index contributed by atoms with van der Waals surface area (Å²) in [6.07, 6.45) is 0.977. The number of nitrogens with two attached hydrogens (primary N) is 1. The summed E-state index contributed by atoms with van der Waals surface area (Å²) in [5.41, 5.74) is 8.32. The second-order valence-electron chi connectivity index (χ2n) is 3.22. The van der Waals surface area contributed by atoms with Gasteiger partial charge in [0.2, 0.25) is 0 Å². The second kappa shape index (κ2) is 2.30. The largest absolute Gasteiger partial charge is 0.506 e. The zero-order valence-electron chi connectivity index (χ0n) is 7.04. The molecule has 1 aromatic carbocycles. The number of likely N-dealkylation sites (N-methyl/N-ethyl adjacent to an activating group) is 1. The minimum atomic E-state index is 0.296. The maximum Gasteiger partial charge on any atom is 0.141 e. The van der Waals surface area contributed by atoms with E-state index in [1.54, 1.807) is 6.07 Å². The molecule has 1 heterocycles. The Labute approximate surface area is 71.4 Å². The first-order chi connectivity index (χ1) is 5.68. The normalized spacial score (nSPS) is 14.9. The number of benzene rings is 1. The van der Waals surface area contributed by atoms with E-state index in [0.717, 1.165) is 24.2 Å². The van der Waals surface area contributed by atoms with Gasteiger partial charge in [-0.1, -0.05) is 0 Å². The zero-order chi connectivity index (χ0) is 8.72. The minimum absolute atomic E-state index is 0.296. The van der Waals surface area contributed by atoms with Crippen molar-refractivity contribution in [1.29, 1.82) is 0 Å². The standard InChI is InChI=1S/C9H12N2O/c1-11-3-2-6-4-7(10)5-8(12)9(6)11/h4-5,12H,2-3,10H2,1H3. The molecule has 0 fully saturated rings. The van der Waals surface area contributed by atoms with Crippen LogP contribution in [0.15, 0.2) is 12.1 Å². The summed E-state index contributed by atoms with van der Waals surface area (Å²) in [4.78, 5) is 2.05. The fourth-order valence-electron chi connectivity index (χ4n) is 1.73. The highest BCUT2D eigenvalue weighted by Crippen LogP contribution is 2.37. The molecule has 1 aliphatic heterocycles. The molecule has 0 saturated heterocycles. The molecule has 2 rings (SSSR count). The average Bonchev–Trinajstić information content (AvgIpc) is 2.31. The Bertz CT molecular complexity index is 323. The van der Waals surface area contributed by atoms with Crippen molar-refractivity contribution in [2.45, 2.75) is 6.42 Å². The molecule has 64 valence electrons. The Balaban J connectivity index is 2.60. The van der Waals surface area contributed by atoms with Crippen LogP contribution in [0.3, 0.4) is 0 Å². The van der Waals surface area contributed by atoms with Gasteiger partial charge in [-0.15, -0.1) is 0 Å². The van der Waals surface area contributed by atoms with Crippen molar-refractivity contribution in [2.75, 3.05) is 24.2 Å². The third kappa shape index (κ3) is 0.897. The Morgan fingerprint density at radius 1 is 1.50 bits per heavy atom. The lowest BCUT2D eigenvalue weighted by atomic mass is 10.1. The molecule has 3 N–H and O–H groups in total. The van der Waals surface area contributed by atoms with E-state index < -0.39 is 0 Å². The molecular weight excluding hydrogens is 152 g/mol. The quantitative estimate of drug-likeness (QED) is 0.562. The van der Waals surface area contributed by atoms with Crippen LogP contribution in [0.25, 0.3) is 0 Å². The van der Waals surface area contributed by atoms with Gasteiger partial charge in [0.1, 0.15) is 5.75 Å². The summed E-state index contributed by atoms with van der Waals surface area (Å²) in [5, 5.41) is 9.56. The van der Waals surface area contributed by atoms with Crippen LogP contribution in [-0.2, 0) is 6.42 Å². The first-order valence-corrected chi connectivity index (χ1v) is 4.01. The Morgan fingerprint density at radius 3 is 3.00 bits per heavy atom. The Hall–Kier alpha value is -1.38. The van der Waals surface area contributed by atoms with Crippen LogP contribution in [0.2, 0.25) is 0 Å². The lowest BCUT2D eigenvalue weighted by molar-refractivity contribution is 0.476. The van der Waals surface area contributed by atoms with E-state index in [1.165, 1.54) is 0 Å². The number of phenols is 1. The van der Waals surface area contributed by atoms with Crippen molar-refractivity contribution in [3.63, 3.8) is 0 Å². The molecule has 0 unspecified atom stereocenters. The summed E-state index contributed by atoms with van der Waals surface area (Å²) >= 11 is 0. The molecule has 0 bridgehead atoms. The second-order valence-corrected chi connectivity index (χ2v) is 3.22. The molecule has 0 amide bonds. The predicted octanol–water partition coefficient (Wildman–Crippen LogP) is 0.967. The van der Waals surface area contributed by atoms with E-state index in [4.69, 9.17) is 5.73 Å². The summed E-state index contributed by atoms with van der Waals surface area (Å²) < 4.78 is 0. The number of hydrogen-bond donors (Lipinski definition) is 2. The molecule has 0 saturated carbocycles. The Morgan fingerprint density at radius 2 is 2.25 bits per heavy atom. The van der Waals surface area contributed by atoms with E-state index in [1.807, 2.05) is 18.0 Å². The van der Waals surface area contributed by atoms with Gasteiger partial charge in [0.25, 0.3) is 0 Å². The van der Waals surface area contributed by atoms with Gasteiger partial charge in [-0.2, -0.15) is 0 Å². The maximum atomic E-state index is 9.56. The monoisotopic (exact) mass is 164 g/mol. The highest BCUT2D eigenvalue weighted by atomic mass is 16.3. The number of rotatable bonds is 0. The fraction of sp³-hybridized carbons (Fsp3) is 0.333. The summed E-state index contributed by atoms with van der Waals surface area (Å²) in [6.45, 7) is 0.965. The molecule has 0 atom stereocenters. The summed E-state index contributed by atoms with van der Waals surface area (Å²) in [7, 11) is 1.97. The highest BCUT2D eigenvalue weighted by Gasteiger charge is 2.19. The van der Waals surface area contributed by atoms with Gasteiger partial charge in [0.15, 0.2) is 0 Å². The van der Waals surface area contributed by atoms with Crippen molar-refractivity contribution in [3.05, 3.63) is 17.7 Å². The van der Waals surface area contributed by atoms with Crippen molar-refractivity contribution in [2.24, 2.45) is 0 Å². The topological polar surface area (TPSA) is 49.5 Å². The van der Waals surface area contributed by atoms with E-state index in [2.05, 4.69) is 0 Å². The zero-order valence-corrected chi connectivity index (χ0v) is 7.04. The van der Waals surface area contributed by atoms with Gasteiger partial charge in [-0.25, -0.2) is 0 Å². The van der Waals surface area contributed by atoms with E-state index in [9.17, 15) is 5.11 Å². The number of phenolic OH excluding ortho intramolecular Hbond substituents is 1. The van der Waals surface area contributed by atoms with Crippen LogP contribution in [0.1, 0.15) is 5.56 Å². The van der Waals surface area contributed by atoms with Crippen LogP contribution < -0.4 is 10.6 Å². The first kappa shape index (κ1) is 7.28. The molecule has 12 heavy (non-hydrogen) atoms. The maximum absolute atomic E-state index is 9.56. The van der Waals surface area contributed by atoms with Gasteiger partial charge in [0.05, 0.1) is 5.69 Å². The van der Waals surface area contributed by atoms with Crippen LogP contribution in [-0.4, -0.2) is 18.7 Å². The molecule has 1 aliphatic rings. The first-order valence-electron chi connectivity index (χ1n) is 4.01. The van der Waals surface area contributed by atoms with Gasteiger partial charge in [-0.3, -0.25) is 0 Å². The fourth-order valence-corrected chi connectivity index (χ4v) is 1.73. The van der Waals surface area contributed by atoms with Crippen LogP contribution in [0, 0.1) is 0 Å². The molecule has 0 spiro atoms. The van der Waals surface area contributed by atoms with E-state index in [-0.39, 0.29) is 0 Å². The highest BCUT2D eigenvalue weighted by molar-refractivity contribution is 5.70. The van der Waals surface area contributed by atoms with Crippen molar-refractivity contribution < 1.29 is 5.11 Å². The molecule has 3 heteroatoms. The average molecular weight is 164 g/mol. The molecular formula is C9H12N2O. The third-order valence-electron chi connectivity index (χ3n) is 2.29. The lowest BCUT2D eigenvalue weighted by Crippen LogP contribution is -2.12. The number of anilines is 2. The summed E-state index contributed by atoms with van der Waals surface area (Å²) in [5.74, 6) is 0.296. The number of aromatic hydroxyl groups is 1. The van der Waals surface area contributed by atoms with Crippen LogP contribution in [0.4, 0.5) is 11.4 Å². The van der Waals surface area contributed by atoms with Crippen molar-refractivity contribution in [1.82, 2.24) is 0 Å². The minimum Gasteiger partial charge on any atom is -0.506 e. The lowest BCUT2D eigenvalue weighted by Gasteiger charge is -2.13. The van der Waals surface area contributed by atoms with Gasteiger partial charge in [0, 0.05) is 25.3 Å². The summed E-state index contributed by atoms with van der Waals surface area (Å²) in [6, 6.07) is 3.53. The van der Waals surface area contributed by atoms with Crippen LogP contribution in [0.5, 0.6) is 5.75 Å². The molecule has 1 aromatic rings. The predicted molar refractivity (Wildman–Crippen MR) is 49.5 cm³/mol. The molecule has 0 aliphatic carbocycles. The number of nitrogen functional groups attached to an aromatic ring is 1. The molecule has 0 radical (unpaired) electrons. The van der Waals surface area contributed by atoms with Crippen LogP contribution >= 0.6 is 0 Å². The van der Waals surface area contributed by atoms with Gasteiger partial charge < -0.3 is 15.7 Å². The number of fused-ring (bicyclic) bond motifs is 1. The van der Waals surface area contributed by atoms with Gasteiger partial charge in [-0.05, 0) is 18.1 Å². The third-order valence-corrected chi connectivity index (χ3v) is 2.29. The van der Waals surface area contributed by atoms with E-state index >= 15 is 0 Å². The molecule has 0 aromatic heterocycles.